The van der Waals surface area contributed by atoms with Crippen molar-refractivity contribution in [1.29, 1.82) is 0 Å². The van der Waals surface area contributed by atoms with E-state index in [-0.39, 0.29) is 11.9 Å². The Hall–Kier alpha value is -0.530. The number of esters is 1. The van der Waals surface area contributed by atoms with Gasteiger partial charge in [-0.3, -0.25) is 4.79 Å². The molecule has 2 nitrogen and oxygen atoms in total. The zero-order chi connectivity index (χ0) is 21.6. The van der Waals surface area contributed by atoms with Crippen molar-refractivity contribution in [3.63, 3.8) is 0 Å². The summed E-state index contributed by atoms with van der Waals surface area (Å²) in [5.74, 6) is 0.730. The summed E-state index contributed by atoms with van der Waals surface area (Å²) in [5.41, 5.74) is 0. The minimum atomic E-state index is 0.0617. The average Bonchev–Trinajstić information content (AvgIpc) is 2.74. The third-order valence-corrected chi connectivity index (χ3v) is 6.49. The molecule has 0 spiro atoms. The van der Waals surface area contributed by atoms with Gasteiger partial charge < -0.3 is 4.74 Å². The standard InChI is InChI=1S/C27H54O2/c1-5-9-11-13-14-15-16-17-18-19-21-23-26(8-4)27(28)29-24-25(7-3)22-20-12-10-6-2/h25-26H,5-24H2,1-4H3. The molecule has 0 amide bonds. The van der Waals surface area contributed by atoms with E-state index in [4.69, 9.17) is 4.74 Å². The number of hydrogen-bond donors (Lipinski definition) is 0. The molecule has 0 saturated heterocycles. The van der Waals surface area contributed by atoms with E-state index in [0.717, 1.165) is 19.3 Å². The lowest BCUT2D eigenvalue weighted by molar-refractivity contribution is -0.150. The molecule has 0 aromatic heterocycles. The third kappa shape index (κ3) is 18.0. The highest BCUT2D eigenvalue weighted by Gasteiger charge is 2.19. The van der Waals surface area contributed by atoms with Crippen molar-refractivity contribution in [3.05, 3.63) is 0 Å². The highest BCUT2D eigenvalue weighted by Crippen LogP contribution is 2.20. The van der Waals surface area contributed by atoms with Crippen LogP contribution in [-0.2, 0) is 9.53 Å². The topological polar surface area (TPSA) is 26.3 Å². The first-order valence-corrected chi connectivity index (χ1v) is 13.4. The Morgan fingerprint density at radius 1 is 0.586 bits per heavy atom. The Bertz CT molecular complexity index is 339. The maximum Gasteiger partial charge on any atom is 0.308 e. The fourth-order valence-corrected chi connectivity index (χ4v) is 4.13. The number of hydrogen-bond acceptors (Lipinski definition) is 2. The molecular formula is C27H54O2. The minimum Gasteiger partial charge on any atom is -0.465 e. The lowest BCUT2D eigenvalue weighted by Crippen LogP contribution is -2.21. The first kappa shape index (κ1) is 28.5. The first-order valence-electron chi connectivity index (χ1n) is 13.4. The van der Waals surface area contributed by atoms with Crippen molar-refractivity contribution in [2.24, 2.45) is 11.8 Å². The second-order valence-corrected chi connectivity index (χ2v) is 9.18. The second-order valence-electron chi connectivity index (χ2n) is 9.18. The highest BCUT2D eigenvalue weighted by atomic mass is 16.5. The van der Waals surface area contributed by atoms with Crippen molar-refractivity contribution >= 4 is 5.97 Å². The van der Waals surface area contributed by atoms with Gasteiger partial charge in [0, 0.05) is 0 Å². The van der Waals surface area contributed by atoms with E-state index in [0.29, 0.717) is 12.5 Å². The van der Waals surface area contributed by atoms with Crippen LogP contribution in [0, 0.1) is 11.8 Å². The largest absolute Gasteiger partial charge is 0.465 e. The molecule has 0 aromatic rings. The predicted octanol–water partition coefficient (Wildman–Crippen LogP) is 9.25. The summed E-state index contributed by atoms with van der Waals surface area (Å²) in [5, 5.41) is 0. The number of carbonyl (C=O) groups excluding carboxylic acids is 1. The molecular weight excluding hydrogens is 356 g/mol. The van der Waals surface area contributed by atoms with Gasteiger partial charge in [0.2, 0.25) is 0 Å². The van der Waals surface area contributed by atoms with E-state index in [1.54, 1.807) is 0 Å². The number of ether oxygens (including phenoxy) is 1. The fraction of sp³-hybridized carbons (Fsp3) is 0.963. The van der Waals surface area contributed by atoms with Gasteiger partial charge in [-0.1, -0.05) is 130 Å². The van der Waals surface area contributed by atoms with Crippen molar-refractivity contribution in [3.8, 4) is 0 Å². The van der Waals surface area contributed by atoms with Gasteiger partial charge in [0.1, 0.15) is 0 Å². The molecule has 2 unspecified atom stereocenters. The molecule has 29 heavy (non-hydrogen) atoms. The molecule has 0 rings (SSSR count). The molecule has 0 aromatic carbocycles. The molecule has 0 aliphatic rings. The molecule has 174 valence electrons. The maximum absolute atomic E-state index is 12.5. The van der Waals surface area contributed by atoms with E-state index in [1.807, 2.05) is 0 Å². The average molecular weight is 411 g/mol. The Labute approximate surface area is 184 Å². The normalized spacial score (nSPS) is 13.4. The van der Waals surface area contributed by atoms with E-state index < -0.39 is 0 Å². The molecule has 0 bridgehead atoms. The molecule has 0 N–H and O–H groups in total. The van der Waals surface area contributed by atoms with E-state index in [1.165, 1.54) is 103 Å². The summed E-state index contributed by atoms with van der Waals surface area (Å²) in [6.45, 7) is 9.52. The summed E-state index contributed by atoms with van der Waals surface area (Å²) in [6.07, 6.45) is 24.4. The van der Waals surface area contributed by atoms with Crippen LogP contribution in [0.3, 0.4) is 0 Å². The van der Waals surface area contributed by atoms with Gasteiger partial charge >= 0.3 is 5.97 Å². The van der Waals surface area contributed by atoms with Gasteiger partial charge in [0.05, 0.1) is 12.5 Å². The second kappa shape index (κ2) is 22.2. The van der Waals surface area contributed by atoms with Crippen molar-refractivity contribution in [2.75, 3.05) is 6.61 Å². The van der Waals surface area contributed by atoms with Gasteiger partial charge in [0.25, 0.3) is 0 Å². The summed E-state index contributed by atoms with van der Waals surface area (Å²) >= 11 is 0. The Balaban J connectivity index is 3.73. The maximum atomic E-state index is 12.5. The zero-order valence-corrected chi connectivity index (χ0v) is 20.6. The van der Waals surface area contributed by atoms with Crippen LogP contribution in [0.4, 0.5) is 0 Å². The van der Waals surface area contributed by atoms with Crippen LogP contribution in [0.5, 0.6) is 0 Å². The van der Waals surface area contributed by atoms with Crippen molar-refractivity contribution < 1.29 is 9.53 Å². The van der Waals surface area contributed by atoms with Crippen molar-refractivity contribution in [2.45, 2.75) is 150 Å². The van der Waals surface area contributed by atoms with Crippen molar-refractivity contribution in [1.82, 2.24) is 0 Å². The van der Waals surface area contributed by atoms with Crippen LogP contribution in [0.25, 0.3) is 0 Å². The lowest BCUT2D eigenvalue weighted by Gasteiger charge is -2.18. The Kier molecular flexibility index (Phi) is 21.8. The molecule has 0 saturated carbocycles. The van der Waals surface area contributed by atoms with Gasteiger partial charge in [-0.05, 0) is 25.2 Å². The van der Waals surface area contributed by atoms with Crippen LogP contribution in [-0.4, -0.2) is 12.6 Å². The molecule has 2 heteroatoms. The lowest BCUT2D eigenvalue weighted by atomic mass is 9.97. The summed E-state index contributed by atoms with van der Waals surface area (Å²) in [7, 11) is 0. The summed E-state index contributed by atoms with van der Waals surface area (Å²) < 4.78 is 5.72. The van der Waals surface area contributed by atoms with Gasteiger partial charge in [-0.25, -0.2) is 0 Å². The molecule has 0 radical (unpaired) electrons. The van der Waals surface area contributed by atoms with Crippen LogP contribution < -0.4 is 0 Å². The summed E-state index contributed by atoms with van der Waals surface area (Å²) in [4.78, 5) is 12.5. The smallest absolute Gasteiger partial charge is 0.308 e. The predicted molar refractivity (Wildman–Crippen MR) is 128 cm³/mol. The fourth-order valence-electron chi connectivity index (χ4n) is 4.13. The Morgan fingerprint density at radius 3 is 1.52 bits per heavy atom. The van der Waals surface area contributed by atoms with E-state index in [9.17, 15) is 4.79 Å². The van der Waals surface area contributed by atoms with Crippen LogP contribution >= 0.6 is 0 Å². The summed E-state index contributed by atoms with van der Waals surface area (Å²) in [6, 6.07) is 0. The zero-order valence-electron chi connectivity index (χ0n) is 20.6. The Morgan fingerprint density at radius 2 is 1.03 bits per heavy atom. The molecule has 0 heterocycles. The van der Waals surface area contributed by atoms with Crippen LogP contribution in [0.15, 0.2) is 0 Å². The van der Waals surface area contributed by atoms with E-state index in [2.05, 4.69) is 27.7 Å². The number of carbonyl (C=O) groups is 1. The van der Waals surface area contributed by atoms with Crippen LogP contribution in [0.1, 0.15) is 150 Å². The van der Waals surface area contributed by atoms with Gasteiger partial charge in [-0.2, -0.15) is 0 Å². The number of unbranched alkanes of at least 4 members (excludes halogenated alkanes) is 13. The molecule has 0 fully saturated rings. The van der Waals surface area contributed by atoms with Gasteiger partial charge in [0.15, 0.2) is 0 Å². The minimum absolute atomic E-state index is 0.0617. The van der Waals surface area contributed by atoms with Gasteiger partial charge in [-0.15, -0.1) is 0 Å². The molecule has 2 atom stereocenters. The number of rotatable bonds is 22. The molecule has 0 aliphatic heterocycles. The first-order chi connectivity index (χ1) is 14.2. The van der Waals surface area contributed by atoms with E-state index >= 15 is 0 Å². The third-order valence-electron chi connectivity index (χ3n) is 6.49. The monoisotopic (exact) mass is 410 g/mol. The van der Waals surface area contributed by atoms with Crippen LogP contribution in [0.2, 0.25) is 0 Å². The highest BCUT2D eigenvalue weighted by molar-refractivity contribution is 5.72. The SMILES string of the molecule is CCCCCCCCCCCCCC(CC)C(=O)OCC(CC)CCCCCC. The quantitative estimate of drug-likeness (QED) is 0.131. The molecule has 0 aliphatic carbocycles.